The van der Waals surface area contributed by atoms with Crippen molar-refractivity contribution < 1.29 is 24.3 Å². The maximum atomic E-state index is 12.9. The molecule has 32 heavy (non-hydrogen) atoms. The standard InChI is InChI=1S/C21H32N4O5S2/c1-3-12(2)17(25-19(27)16(11-32)24-18(26)14(22)10-31)20(28)23-15(21(29)30)9-13-7-5-4-6-8-13/h4-8,12,14-17,31-32H,3,9-11,22H2,1-2H3,(H,23,28)(H,24,26)(H,25,27)(H,29,30). The molecule has 1 rings (SSSR count). The first-order valence-electron chi connectivity index (χ1n) is 10.3. The molecule has 9 nitrogen and oxygen atoms in total. The predicted octanol–water partition coefficient (Wildman–Crippen LogP) is 0.00110. The van der Waals surface area contributed by atoms with Gasteiger partial charge in [-0.3, -0.25) is 14.4 Å². The Morgan fingerprint density at radius 2 is 1.53 bits per heavy atom. The first kappa shape index (κ1) is 27.8. The summed E-state index contributed by atoms with van der Waals surface area (Å²) in [6, 6.07) is 4.84. The van der Waals surface area contributed by atoms with Gasteiger partial charge >= 0.3 is 5.97 Å². The fraction of sp³-hybridized carbons (Fsp3) is 0.524. The summed E-state index contributed by atoms with van der Waals surface area (Å²) in [5, 5.41) is 17.2. The molecule has 0 bridgehead atoms. The van der Waals surface area contributed by atoms with Gasteiger partial charge in [-0.1, -0.05) is 50.6 Å². The Morgan fingerprint density at radius 1 is 0.938 bits per heavy atom. The van der Waals surface area contributed by atoms with Crippen LogP contribution >= 0.6 is 25.3 Å². The molecule has 0 heterocycles. The average Bonchev–Trinajstić information content (AvgIpc) is 2.79. The molecule has 0 aliphatic rings. The highest BCUT2D eigenvalue weighted by Crippen LogP contribution is 2.10. The Labute approximate surface area is 199 Å². The van der Waals surface area contributed by atoms with E-state index in [9.17, 15) is 24.3 Å². The number of amides is 3. The zero-order valence-electron chi connectivity index (χ0n) is 18.2. The van der Waals surface area contributed by atoms with E-state index in [1.165, 1.54) is 0 Å². The van der Waals surface area contributed by atoms with Crippen LogP contribution < -0.4 is 21.7 Å². The fourth-order valence-corrected chi connectivity index (χ4v) is 3.25. The number of carboxylic acids is 1. The summed E-state index contributed by atoms with van der Waals surface area (Å²) in [5.41, 5.74) is 6.37. The summed E-state index contributed by atoms with van der Waals surface area (Å²) >= 11 is 8.06. The smallest absolute Gasteiger partial charge is 0.326 e. The van der Waals surface area contributed by atoms with Crippen LogP contribution in [0.15, 0.2) is 30.3 Å². The third-order valence-electron chi connectivity index (χ3n) is 5.04. The Morgan fingerprint density at radius 3 is 2.03 bits per heavy atom. The maximum Gasteiger partial charge on any atom is 0.326 e. The number of carbonyl (C=O) groups is 4. The Balaban J connectivity index is 2.93. The summed E-state index contributed by atoms with van der Waals surface area (Å²) in [4.78, 5) is 49.4. The molecule has 5 unspecified atom stereocenters. The first-order valence-corrected chi connectivity index (χ1v) is 11.6. The van der Waals surface area contributed by atoms with E-state index in [1.807, 2.05) is 13.0 Å². The van der Waals surface area contributed by atoms with E-state index in [1.54, 1.807) is 31.2 Å². The van der Waals surface area contributed by atoms with Crippen LogP contribution in [0.2, 0.25) is 0 Å². The summed E-state index contributed by atoms with van der Waals surface area (Å²) in [6.07, 6.45) is 0.650. The molecule has 1 aromatic carbocycles. The SMILES string of the molecule is CCC(C)C(NC(=O)C(CS)NC(=O)C(N)CS)C(=O)NC(Cc1ccccc1)C(=O)O. The van der Waals surface area contributed by atoms with E-state index < -0.39 is 47.9 Å². The van der Waals surface area contributed by atoms with Crippen LogP contribution in [0.1, 0.15) is 25.8 Å². The second-order valence-corrected chi connectivity index (χ2v) is 8.22. The van der Waals surface area contributed by atoms with Crippen molar-refractivity contribution in [3.05, 3.63) is 35.9 Å². The molecular weight excluding hydrogens is 452 g/mol. The van der Waals surface area contributed by atoms with Gasteiger partial charge in [0.1, 0.15) is 18.1 Å². The van der Waals surface area contributed by atoms with Crippen LogP contribution in [-0.4, -0.2) is 64.5 Å². The van der Waals surface area contributed by atoms with E-state index in [4.69, 9.17) is 5.73 Å². The van der Waals surface area contributed by atoms with Crippen LogP contribution in [0.4, 0.5) is 0 Å². The minimum absolute atomic E-state index is 0.0164. The minimum Gasteiger partial charge on any atom is -0.480 e. The molecular formula is C21H32N4O5S2. The molecule has 0 radical (unpaired) electrons. The van der Waals surface area contributed by atoms with Crippen molar-refractivity contribution in [1.29, 1.82) is 0 Å². The summed E-state index contributed by atoms with van der Waals surface area (Å²) < 4.78 is 0. The van der Waals surface area contributed by atoms with Crippen LogP contribution in [0.5, 0.6) is 0 Å². The highest BCUT2D eigenvalue weighted by Gasteiger charge is 2.32. The van der Waals surface area contributed by atoms with E-state index >= 15 is 0 Å². The lowest BCUT2D eigenvalue weighted by Crippen LogP contribution is -2.59. The number of nitrogens with two attached hydrogens (primary N) is 1. The Bertz CT molecular complexity index is 781. The van der Waals surface area contributed by atoms with Crippen molar-refractivity contribution in [2.45, 2.75) is 50.9 Å². The Kier molecular flexibility index (Phi) is 12.2. The van der Waals surface area contributed by atoms with Gasteiger partial charge in [-0.25, -0.2) is 4.79 Å². The van der Waals surface area contributed by atoms with Crippen molar-refractivity contribution in [2.75, 3.05) is 11.5 Å². The third-order valence-corrected chi connectivity index (χ3v) is 5.80. The van der Waals surface area contributed by atoms with Crippen molar-refractivity contribution >= 4 is 48.9 Å². The van der Waals surface area contributed by atoms with E-state index in [-0.39, 0.29) is 23.8 Å². The molecule has 6 N–H and O–H groups in total. The molecule has 11 heteroatoms. The minimum atomic E-state index is -1.18. The molecule has 1 aromatic rings. The van der Waals surface area contributed by atoms with Crippen molar-refractivity contribution in [2.24, 2.45) is 11.7 Å². The highest BCUT2D eigenvalue weighted by atomic mass is 32.1. The summed E-state index contributed by atoms with van der Waals surface area (Å²) in [7, 11) is 0. The maximum absolute atomic E-state index is 12.9. The lowest BCUT2D eigenvalue weighted by atomic mass is 9.97. The van der Waals surface area contributed by atoms with Gasteiger partial charge in [0.25, 0.3) is 0 Å². The summed E-state index contributed by atoms with van der Waals surface area (Å²) in [6.45, 7) is 3.61. The van der Waals surface area contributed by atoms with Crippen LogP contribution in [0.25, 0.3) is 0 Å². The van der Waals surface area contributed by atoms with Gasteiger partial charge in [-0.15, -0.1) is 0 Å². The molecule has 0 aliphatic carbocycles. The van der Waals surface area contributed by atoms with Gasteiger partial charge in [-0.05, 0) is 11.5 Å². The van der Waals surface area contributed by atoms with Gasteiger partial charge in [0.05, 0.1) is 6.04 Å². The number of carbonyl (C=O) groups excluding carboxylic acids is 3. The lowest BCUT2D eigenvalue weighted by molar-refractivity contribution is -0.142. The largest absolute Gasteiger partial charge is 0.480 e. The highest BCUT2D eigenvalue weighted by molar-refractivity contribution is 7.80. The molecule has 3 amide bonds. The number of thiol groups is 2. The van der Waals surface area contributed by atoms with Crippen LogP contribution in [0.3, 0.4) is 0 Å². The Hall–Kier alpha value is -2.24. The fourth-order valence-electron chi connectivity index (χ4n) is 2.82. The molecule has 0 saturated heterocycles. The third kappa shape index (κ3) is 8.71. The zero-order chi connectivity index (χ0) is 24.3. The first-order chi connectivity index (χ1) is 15.1. The second kappa shape index (κ2) is 14.0. The van der Waals surface area contributed by atoms with Crippen LogP contribution in [-0.2, 0) is 25.6 Å². The topological polar surface area (TPSA) is 151 Å². The van der Waals surface area contributed by atoms with Gasteiger partial charge in [0.15, 0.2) is 0 Å². The quantitative estimate of drug-likeness (QED) is 0.196. The van der Waals surface area contributed by atoms with Gasteiger partial charge < -0.3 is 26.8 Å². The number of rotatable bonds is 13. The van der Waals surface area contributed by atoms with Crippen molar-refractivity contribution in [3.63, 3.8) is 0 Å². The number of nitrogens with one attached hydrogen (secondary N) is 3. The van der Waals surface area contributed by atoms with E-state index in [2.05, 4.69) is 41.2 Å². The van der Waals surface area contributed by atoms with Crippen LogP contribution in [0, 0.1) is 5.92 Å². The monoisotopic (exact) mass is 484 g/mol. The number of carboxylic acid groups (broad SMARTS) is 1. The molecule has 0 aromatic heterocycles. The van der Waals surface area contributed by atoms with Crippen molar-refractivity contribution in [1.82, 2.24) is 16.0 Å². The number of aliphatic carboxylic acids is 1. The molecule has 0 aliphatic heterocycles. The number of benzene rings is 1. The molecule has 0 spiro atoms. The average molecular weight is 485 g/mol. The van der Waals surface area contributed by atoms with Gasteiger partial charge in [0, 0.05) is 17.9 Å². The number of hydrogen-bond donors (Lipinski definition) is 7. The molecule has 5 atom stereocenters. The molecule has 0 fully saturated rings. The molecule has 178 valence electrons. The normalized spacial score (nSPS) is 15.5. The lowest BCUT2D eigenvalue weighted by Gasteiger charge is -2.27. The van der Waals surface area contributed by atoms with E-state index in [0.717, 1.165) is 5.56 Å². The number of hydrogen-bond acceptors (Lipinski definition) is 7. The summed E-state index contributed by atoms with van der Waals surface area (Å²) in [5.74, 6) is -3.19. The predicted molar refractivity (Wildman–Crippen MR) is 129 cm³/mol. The van der Waals surface area contributed by atoms with Gasteiger partial charge in [0.2, 0.25) is 17.7 Å². The van der Waals surface area contributed by atoms with Crippen molar-refractivity contribution in [3.8, 4) is 0 Å². The van der Waals surface area contributed by atoms with E-state index in [0.29, 0.717) is 6.42 Å². The van der Waals surface area contributed by atoms with Gasteiger partial charge in [-0.2, -0.15) is 25.3 Å². The molecule has 0 saturated carbocycles. The zero-order valence-corrected chi connectivity index (χ0v) is 19.9. The second-order valence-electron chi connectivity index (χ2n) is 7.49.